The highest BCUT2D eigenvalue weighted by Gasteiger charge is 2.21. The van der Waals surface area contributed by atoms with Gasteiger partial charge in [0.2, 0.25) is 0 Å². The molecule has 0 aliphatic carbocycles. The first kappa shape index (κ1) is 16.4. The minimum Gasteiger partial charge on any atom is -0.296 e. The monoisotopic (exact) mass is 295 g/mol. The van der Waals surface area contributed by atoms with E-state index in [0.29, 0.717) is 5.69 Å². The van der Waals surface area contributed by atoms with Crippen LogP contribution in [0.4, 0.5) is 0 Å². The number of benzene rings is 1. The van der Waals surface area contributed by atoms with Gasteiger partial charge in [-0.1, -0.05) is 53.7 Å². The van der Waals surface area contributed by atoms with Gasteiger partial charge in [0.25, 0.3) is 0 Å². The van der Waals surface area contributed by atoms with E-state index in [1.54, 1.807) is 6.07 Å². The number of hydrogen-bond donors (Lipinski definition) is 0. The number of aldehydes is 1. The van der Waals surface area contributed by atoms with Crippen LogP contribution in [-0.4, -0.2) is 11.3 Å². The Kier molecular flexibility index (Phi) is 4.23. The molecule has 1 aromatic carbocycles. The van der Waals surface area contributed by atoms with Gasteiger partial charge in [0, 0.05) is 5.56 Å². The second-order valence-corrected chi connectivity index (χ2v) is 7.86. The van der Waals surface area contributed by atoms with Crippen LogP contribution in [0.15, 0.2) is 36.4 Å². The van der Waals surface area contributed by atoms with Crippen molar-refractivity contribution >= 4 is 6.29 Å². The minimum atomic E-state index is 0.0677. The third kappa shape index (κ3) is 3.62. The van der Waals surface area contributed by atoms with Crippen molar-refractivity contribution in [3.63, 3.8) is 0 Å². The van der Waals surface area contributed by atoms with Crippen LogP contribution in [0.2, 0.25) is 0 Å². The van der Waals surface area contributed by atoms with E-state index in [9.17, 15) is 4.79 Å². The normalized spacial score (nSPS) is 12.3. The van der Waals surface area contributed by atoms with Crippen molar-refractivity contribution in [3.05, 3.63) is 53.2 Å². The molecule has 0 bridgehead atoms. The quantitative estimate of drug-likeness (QED) is 0.717. The molecular weight excluding hydrogens is 270 g/mol. The van der Waals surface area contributed by atoms with Gasteiger partial charge in [-0.15, -0.1) is 0 Å². The van der Waals surface area contributed by atoms with Gasteiger partial charge in [-0.2, -0.15) is 0 Å². The zero-order valence-corrected chi connectivity index (χ0v) is 14.4. The summed E-state index contributed by atoms with van der Waals surface area (Å²) in [6.45, 7) is 13.3. The van der Waals surface area contributed by atoms with Crippen molar-refractivity contribution in [1.82, 2.24) is 4.98 Å². The first-order valence-corrected chi connectivity index (χ1v) is 7.70. The summed E-state index contributed by atoms with van der Waals surface area (Å²) in [5, 5.41) is 0. The maximum Gasteiger partial charge on any atom is 0.168 e. The summed E-state index contributed by atoms with van der Waals surface area (Å²) in [6, 6.07) is 12.2. The maximum atomic E-state index is 11.0. The number of aromatic nitrogens is 1. The van der Waals surface area contributed by atoms with Crippen molar-refractivity contribution in [2.45, 2.75) is 52.4 Å². The van der Waals surface area contributed by atoms with Gasteiger partial charge in [0.15, 0.2) is 6.29 Å². The van der Waals surface area contributed by atoms with Gasteiger partial charge in [0.1, 0.15) is 5.69 Å². The number of hydrogen-bond acceptors (Lipinski definition) is 2. The molecule has 0 unspecified atom stereocenters. The molecule has 2 rings (SSSR count). The fraction of sp³-hybridized carbons (Fsp3) is 0.400. The van der Waals surface area contributed by atoms with Crippen molar-refractivity contribution < 1.29 is 4.79 Å². The fourth-order valence-electron chi connectivity index (χ4n) is 2.32. The molecular formula is C20H25NO. The Labute approximate surface area is 133 Å². The molecule has 0 atom stereocenters. The molecule has 0 spiro atoms. The van der Waals surface area contributed by atoms with Crippen LogP contribution in [0, 0.1) is 0 Å². The molecule has 0 saturated heterocycles. The van der Waals surface area contributed by atoms with E-state index in [1.165, 1.54) is 11.1 Å². The lowest BCUT2D eigenvalue weighted by Gasteiger charge is -2.26. The van der Waals surface area contributed by atoms with Crippen LogP contribution >= 0.6 is 0 Å². The summed E-state index contributed by atoms with van der Waals surface area (Å²) >= 11 is 0. The van der Waals surface area contributed by atoms with Crippen molar-refractivity contribution in [2.24, 2.45) is 0 Å². The zero-order chi connectivity index (χ0) is 16.5. The van der Waals surface area contributed by atoms with Crippen LogP contribution in [-0.2, 0) is 10.8 Å². The second-order valence-electron chi connectivity index (χ2n) is 7.86. The highest BCUT2D eigenvalue weighted by Crippen LogP contribution is 2.33. The van der Waals surface area contributed by atoms with Crippen LogP contribution in [0.3, 0.4) is 0 Å². The molecule has 1 aromatic heterocycles. The fourth-order valence-corrected chi connectivity index (χ4v) is 2.32. The highest BCUT2D eigenvalue weighted by atomic mass is 16.1. The Morgan fingerprint density at radius 1 is 0.864 bits per heavy atom. The van der Waals surface area contributed by atoms with Crippen LogP contribution in [0.5, 0.6) is 0 Å². The van der Waals surface area contributed by atoms with E-state index in [-0.39, 0.29) is 10.8 Å². The van der Waals surface area contributed by atoms with Crippen LogP contribution < -0.4 is 0 Å². The Hall–Kier alpha value is -1.96. The van der Waals surface area contributed by atoms with Gasteiger partial charge < -0.3 is 0 Å². The molecule has 0 radical (unpaired) electrons. The van der Waals surface area contributed by atoms with E-state index in [2.05, 4.69) is 64.7 Å². The predicted molar refractivity (Wildman–Crippen MR) is 92.5 cm³/mol. The molecule has 1 heterocycles. The van der Waals surface area contributed by atoms with Crippen LogP contribution in [0.25, 0.3) is 11.3 Å². The molecule has 0 aliphatic heterocycles. The zero-order valence-electron chi connectivity index (χ0n) is 14.4. The smallest absolute Gasteiger partial charge is 0.168 e. The molecule has 0 N–H and O–H groups in total. The van der Waals surface area contributed by atoms with Crippen molar-refractivity contribution in [3.8, 4) is 11.3 Å². The number of nitrogens with zero attached hydrogens (tertiary/aromatic N) is 1. The number of pyridine rings is 1. The minimum absolute atomic E-state index is 0.0677. The van der Waals surface area contributed by atoms with Crippen LogP contribution in [0.1, 0.15) is 63.2 Å². The van der Waals surface area contributed by atoms with E-state index in [0.717, 1.165) is 17.5 Å². The first-order valence-electron chi connectivity index (χ1n) is 7.70. The lowest BCUT2D eigenvalue weighted by molar-refractivity contribution is 0.111. The van der Waals surface area contributed by atoms with Gasteiger partial charge in [-0.05, 0) is 46.2 Å². The Balaban J connectivity index is 2.67. The van der Waals surface area contributed by atoms with E-state index in [1.807, 2.05) is 12.1 Å². The SMILES string of the molecule is CC(C)(C)c1cc(-c2cccc(C=O)n2)cc(C(C)(C)C)c1. The molecule has 2 nitrogen and oxygen atoms in total. The Morgan fingerprint density at radius 2 is 1.41 bits per heavy atom. The van der Waals surface area contributed by atoms with Gasteiger partial charge >= 0.3 is 0 Å². The molecule has 0 saturated carbocycles. The lowest BCUT2D eigenvalue weighted by Crippen LogP contribution is -2.16. The third-order valence-corrected chi connectivity index (χ3v) is 3.85. The summed E-state index contributed by atoms with van der Waals surface area (Å²) in [5.74, 6) is 0. The second kappa shape index (κ2) is 5.68. The summed E-state index contributed by atoms with van der Waals surface area (Å²) in [4.78, 5) is 15.4. The summed E-state index contributed by atoms with van der Waals surface area (Å²) in [7, 11) is 0. The number of rotatable bonds is 2. The van der Waals surface area contributed by atoms with Gasteiger partial charge in [-0.25, -0.2) is 4.98 Å². The van der Waals surface area contributed by atoms with Crippen molar-refractivity contribution in [2.75, 3.05) is 0 Å². The molecule has 22 heavy (non-hydrogen) atoms. The lowest BCUT2D eigenvalue weighted by atomic mass is 9.79. The molecule has 116 valence electrons. The summed E-state index contributed by atoms with van der Waals surface area (Å²) in [6.07, 6.45) is 0.793. The van der Waals surface area contributed by atoms with Gasteiger partial charge in [-0.3, -0.25) is 4.79 Å². The predicted octanol–water partition coefficient (Wildman–Crippen LogP) is 5.16. The first-order chi connectivity index (χ1) is 10.1. The standard InChI is InChI=1S/C20H25NO/c1-19(2,3)15-10-14(11-16(12-15)20(4,5)6)18-9-7-8-17(13-22)21-18/h7-13H,1-6H3. The van der Waals surface area contributed by atoms with Gasteiger partial charge in [0.05, 0.1) is 5.69 Å². The molecule has 0 aliphatic rings. The highest BCUT2D eigenvalue weighted by molar-refractivity contribution is 5.74. The molecule has 0 fully saturated rings. The summed E-state index contributed by atoms with van der Waals surface area (Å²) in [5.41, 5.74) is 5.09. The van der Waals surface area contributed by atoms with E-state index < -0.39 is 0 Å². The van der Waals surface area contributed by atoms with Crippen molar-refractivity contribution in [1.29, 1.82) is 0 Å². The molecule has 2 heteroatoms. The summed E-state index contributed by atoms with van der Waals surface area (Å²) < 4.78 is 0. The average Bonchev–Trinajstić information content (AvgIpc) is 2.45. The average molecular weight is 295 g/mol. The maximum absolute atomic E-state index is 11.0. The largest absolute Gasteiger partial charge is 0.296 e. The van der Waals surface area contributed by atoms with E-state index in [4.69, 9.17) is 0 Å². The Morgan fingerprint density at radius 3 is 1.86 bits per heavy atom. The number of carbonyl (C=O) groups is 1. The number of carbonyl (C=O) groups excluding carboxylic acids is 1. The Bertz CT molecular complexity index is 655. The third-order valence-electron chi connectivity index (χ3n) is 3.85. The van der Waals surface area contributed by atoms with E-state index >= 15 is 0 Å². The topological polar surface area (TPSA) is 30.0 Å². The molecule has 0 amide bonds. The molecule has 2 aromatic rings.